The highest BCUT2D eigenvalue weighted by Gasteiger charge is 2.23. The molecule has 1 aliphatic heterocycles. The summed E-state index contributed by atoms with van der Waals surface area (Å²) >= 11 is 5.83. The van der Waals surface area contributed by atoms with Crippen LogP contribution in [-0.4, -0.2) is 19.0 Å². The smallest absolute Gasteiger partial charge is 0.224 e. The van der Waals surface area contributed by atoms with Crippen LogP contribution in [0.4, 0.5) is 0 Å². The maximum absolute atomic E-state index is 11.9. The highest BCUT2D eigenvalue weighted by atomic mass is 35.5. The lowest BCUT2D eigenvalue weighted by molar-refractivity contribution is -0.125. The summed E-state index contributed by atoms with van der Waals surface area (Å²) in [5, 5.41) is 6.95. The van der Waals surface area contributed by atoms with Crippen molar-refractivity contribution in [1.29, 1.82) is 0 Å². The van der Waals surface area contributed by atoms with Crippen LogP contribution < -0.4 is 10.6 Å². The Labute approximate surface area is 107 Å². The number of amides is 1. The van der Waals surface area contributed by atoms with E-state index in [-0.39, 0.29) is 17.9 Å². The van der Waals surface area contributed by atoms with E-state index < -0.39 is 0 Å². The van der Waals surface area contributed by atoms with E-state index >= 15 is 0 Å². The van der Waals surface area contributed by atoms with Gasteiger partial charge < -0.3 is 10.6 Å². The van der Waals surface area contributed by atoms with E-state index in [0.29, 0.717) is 5.02 Å². The quantitative estimate of drug-likeness (QED) is 0.865. The van der Waals surface area contributed by atoms with Gasteiger partial charge in [-0.3, -0.25) is 4.79 Å². The number of benzene rings is 1. The minimum absolute atomic E-state index is 0.0281. The van der Waals surface area contributed by atoms with Gasteiger partial charge in [0, 0.05) is 11.6 Å². The molecule has 0 aliphatic carbocycles. The van der Waals surface area contributed by atoms with Gasteiger partial charge >= 0.3 is 0 Å². The zero-order valence-electron chi connectivity index (χ0n) is 9.87. The van der Waals surface area contributed by atoms with Crippen molar-refractivity contribution in [1.82, 2.24) is 10.6 Å². The van der Waals surface area contributed by atoms with E-state index in [1.165, 1.54) is 0 Å². The van der Waals surface area contributed by atoms with Crippen molar-refractivity contribution in [3.63, 3.8) is 0 Å². The van der Waals surface area contributed by atoms with Crippen LogP contribution in [0.15, 0.2) is 24.3 Å². The number of carbonyl (C=O) groups excluding carboxylic acids is 1. The Hall–Kier alpha value is -1.06. The number of hydrogen-bond acceptors (Lipinski definition) is 2. The first kappa shape index (κ1) is 12.4. The first-order chi connectivity index (χ1) is 8.16. The second kappa shape index (κ2) is 5.52. The van der Waals surface area contributed by atoms with Crippen molar-refractivity contribution in [2.24, 2.45) is 5.92 Å². The molecule has 1 aromatic carbocycles. The van der Waals surface area contributed by atoms with Crippen molar-refractivity contribution < 1.29 is 4.79 Å². The zero-order valence-corrected chi connectivity index (χ0v) is 10.6. The zero-order chi connectivity index (χ0) is 12.3. The second-order valence-corrected chi connectivity index (χ2v) is 4.91. The Morgan fingerprint density at radius 3 is 2.76 bits per heavy atom. The standard InChI is InChI=1S/C13H17ClN2O/c1-9(10-2-4-12(14)5-3-10)16-13(17)11-6-7-15-8-11/h2-5,9,11,15H,6-8H2,1H3,(H,16,17)/t9-,11?/m1/s1. The van der Waals surface area contributed by atoms with E-state index in [0.717, 1.165) is 25.1 Å². The predicted octanol–water partition coefficient (Wildman–Crippen LogP) is 2.13. The van der Waals surface area contributed by atoms with Gasteiger partial charge in [0.25, 0.3) is 0 Å². The van der Waals surface area contributed by atoms with E-state index in [1.54, 1.807) is 0 Å². The van der Waals surface area contributed by atoms with Gasteiger partial charge in [0.05, 0.1) is 12.0 Å². The molecular weight excluding hydrogens is 236 g/mol. The Morgan fingerprint density at radius 1 is 1.47 bits per heavy atom. The molecule has 1 fully saturated rings. The van der Waals surface area contributed by atoms with Crippen LogP contribution in [0.5, 0.6) is 0 Å². The van der Waals surface area contributed by atoms with E-state index in [1.807, 2.05) is 31.2 Å². The predicted molar refractivity (Wildman–Crippen MR) is 69.0 cm³/mol. The third-order valence-corrected chi connectivity index (χ3v) is 3.41. The maximum atomic E-state index is 11.9. The van der Waals surface area contributed by atoms with Crippen LogP contribution in [0.2, 0.25) is 5.02 Å². The van der Waals surface area contributed by atoms with Crippen LogP contribution in [0.1, 0.15) is 24.9 Å². The molecule has 1 aromatic rings. The molecule has 0 aromatic heterocycles. The molecule has 1 amide bonds. The summed E-state index contributed by atoms with van der Waals surface area (Å²) in [6.07, 6.45) is 0.930. The van der Waals surface area contributed by atoms with Crippen LogP contribution in [0.25, 0.3) is 0 Å². The summed E-state index contributed by atoms with van der Waals surface area (Å²) in [6, 6.07) is 7.61. The highest BCUT2D eigenvalue weighted by Crippen LogP contribution is 2.17. The lowest BCUT2D eigenvalue weighted by Crippen LogP contribution is -2.33. The third kappa shape index (κ3) is 3.20. The fourth-order valence-electron chi connectivity index (χ4n) is 2.04. The minimum atomic E-state index is 0.0281. The molecule has 0 bridgehead atoms. The average Bonchev–Trinajstić information content (AvgIpc) is 2.83. The van der Waals surface area contributed by atoms with Gasteiger partial charge in [-0.25, -0.2) is 0 Å². The fraction of sp³-hybridized carbons (Fsp3) is 0.462. The van der Waals surface area contributed by atoms with Gasteiger partial charge in [-0.15, -0.1) is 0 Å². The molecule has 4 heteroatoms. The van der Waals surface area contributed by atoms with Crippen LogP contribution in [0, 0.1) is 5.92 Å². The van der Waals surface area contributed by atoms with E-state index in [4.69, 9.17) is 11.6 Å². The summed E-state index contributed by atoms with van der Waals surface area (Å²) in [6.45, 7) is 3.72. The van der Waals surface area contributed by atoms with Gasteiger partial charge in [-0.2, -0.15) is 0 Å². The van der Waals surface area contributed by atoms with Gasteiger partial charge in [0.1, 0.15) is 0 Å². The second-order valence-electron chi connectivity index (χ2n) is 4.47. The normalized spacial score (nSPS) is 21.2. The monoisotopic (exact) mass is 252 g/mol. The largest absolute Gasteiger partial charge is 0.349 e. The summed E-state index contributed by atoms with van der Waals surface area (Å²) in [7, 11) is 0. The summed E-state index contributed by atoms with van der Waals surface area (Å²) in [5.41, 5.74) is 1.08. The lowest BCUT2D eigenvalue weighted by Gasteiger charge is -2.17. The van der Waals surface area contributed by atoms with Crippen molar-refractivity contribution >= 4 is 17.5 Å². The Kier molecular flexibility index (Phi) is 4.02. The van der Waals surface area contributed by atoms with Crippen LogP contribution in [-0.2, 0) is 4.79 Å². The molecule has 1 heterocycles. The average molecular weight is 253 g/mol. The summed E-state index contributed by atoms with van der Waals surface area (Å²) in [5.74, 6) is 0.252. The SMILES string of the molecule is C[C@@H](NC(=O)C1CCNC1)c1ccc(Cl)cc1. The molecule has 2 N–H and O–H groups in total. The number of hydrogen-bond donors (Lipinski definition) is 2. The molecule has 1 aliphatic rings. The molecule has 17 heavy (non-hydrogen) atoms. The molecule has 0 radical (unpaired) electrons. The number of carbonyl (C=O) groups is 1. The molecular formula is C13H17ClN2O. The number of halogens is 1. The molecule has 92 valence electrons. The molecule has 3 nitrogen and oxygen atoms in total. The Bertz CT molecular complexity index is 385. The summed E-state index contributed by atoms with van der Waals surface area (Å²) in [4.78, 5) is 11.9. The van der Waals surface area contributed by atoms with Crippen molar-refractivity contribution in [2.75, 3.05) is 13.1 Å². The lowest BCUT2D eigenvalue weighted by atomic mass is 10.1. The van der Waals surface area contributed by atoms with Gasteiger partial charge in [-0.1, -0.05) is 23.7 Å². The molecule has 0 spiro atoms. The molecule has 1 unspecified atom stereocenters. The minimum Gasteiger partial charge on any atom is -0.349 e. The molecule has 0 saturated carbocycles. The highest BCUT2D eigenvalue weighted by molar-refractivity contribution is 6.30. The van der Waals surface area contributed by atoms with Crippen molar-refractivity contribution in [3.05, 3.63) is 34.9 Å². The van der Waals surface area contributed by atoms with E-state index in [2.05, 4.69) is 10.6 Å². The first-order valence-corrected chi connectivity index (χ1v) is 6.31. The van der Waals surface area contributed by atoms with Gasteiger partial charge in [0.15, 0.2) is 0 Å². The van der Waals surface area contributed by atoms with E-state index in [9.17, 15) is 4.79 Å². The van der Waals surface area contributed by atoms with Crippen molar-refractivity contribution in [2.45, 2.75) is 19.4 Å². The van der Waals surface area contributed by atoms with Crippen molar-refractivity contribution in [3.8, 4) is 0 Å². The first-order valence-electron chi connectivity index (χ1n) is 5.93. The Balaban J connectivity index is 1.93. The molecule has 2 rings (SSSR count). The van der Waals surface area contributed by atoms with Crippen LogP contribution in [0.3, 0.4) is 0 Å². The maximum Gasteiger partial charge on any atom is 0.224 e. The fourth-order valence-corrected chi connectivity index (χ4v) is 2.17. The topological polar surface area (TPSA) is 41.1 Å². The molecule has 1 saturated heterocycles. The molecule has 2 atom stereocenters. The van der Waals surface area contributed by atoms with Gasteiger partial charge in [0.2, 0.25) is 5.91 Å². The number of rotatable bonds is 3. The van der Waals surface area contributed by atoms with Crippen LogP contribution >= 0.6 is 11.6 Å². The number of nitrogens with one attached hydrogen (secondary N) is 2. The Morgan fingerprint density at radius 2 is 2.18 bits per heavy atom. The van der Waals surface area contributed by atoms with Gasteiger partial charge in [-0.05, 0) is 37.6 Å². The summed E-state index contributed by atoms with van der Waals surface area (Å²) < 4.78 is 0. The third-order valence-electron chi connectivity index (χ3n) is 3.16.